The molecule has 0 saturated heterocycles. The lowest BCUT2D eigenvalue weighted by Crippen LogP contribution is -2.20. The average molecular weight is 238 g/mol. The van der Waals surface area contributed by atoms with E-state index >= 15 is 0 Å². The zero-order valence-electron chi connectivity index (χ0n) is 10.0. The zero-order valence-corrected chi connectivity index (χ0v) is 10.0. The minimum atomic E-state index is -0.484. The van der Waals surface area contributed by atoms with Gasteiger partial charge in [0.05, 0.1) is 4.92 Å². The van der Waals surface area contributed by atoms with Gasteiger partial charge in [0.15, 0.2) is 0 Å². The number of nitro groups is 1. The van der Waals surface area contributed by atoms with E-state index in [1.54, 1.807) is 4.68 Å². The van der Waals surface area contributed by atoms with E-state index in [0.717, 1.165) is 18.8 Å². The van der Waals surface area contributed by atoms with Crippen molar-refractivity contribution in [1.29, 1.82) is 0 Å². The molecule has 0 aromatic carbocycles. The first kappa shape index (κ1) is 11.9. The lowest BCUT2D eigenvalue weighted by atomic mass is 9.82. The molecule has 0 spiro atoms. The molecule has 0 bridgehead atoms. The van der Waals surface area contributed by atoms with Crippen LogP contribution in [0.4, 0.5) is 11.5 Å². The van der Waals surface area contributed by atoms with E-state index in [0.29, 0.717) is 12.5 Å². The van der Waals surface area contributed by atoms with Gasteiger partial charge in [-0.05, 0) is 24.7 Å². The van der Waals surface area contributed by atoms with Crippen LogP contribution in [0.3, 0.4) is 0 Å². The Bertz CT molecular complexity index is 416. The van der Waals surface area contributed by atoms with E-state index in [-0.39, 0.29) is 11.5 Å². The molecule has 1 aliphatic carbocycles. The second-order valence-corrected chi connectivity index (χ2v) is 4.99. The highest BCUT2D eigenvalue weighted by Crippen LogP contribution is 2.31. The Hall–Kier alpha value is -1.59. The molecule has 6 heteroatoms. The Morgan fingerprint density at radius 3 is 3.00 bits per heavy atom. The number of nitrogens with zero attached hydrogens (tertiary/aromatic N) is 3. The van der Waals surface area contributed by atoms with Gasteiger partial charge in [-0.1, -0.05) is 19.8 Å². The SMILES string of the molecule is CC1CCCC(Cn2ncc([N+](=O)[O-])c2N)C1. The normalized spacial score (nSPS) is 24.8. The van der Waals surface area contributed by atoms with Crippen LogP contribution >= 0.6 is 0 Å². The average Bonchev–Trinajstić information content (AvgIpc) is 2.61. The number of aromatic nitrogens is 2. The quantitative estimate of drug-likeness (QED) is 0.646. The Morgan fingerprint density at radius 1 is 1.65 bits per heavy atom. The van der Waals surface area contributed by atoms with Crippen LogP contribution in [-0.4, -0.2) is 14.7 Å². The van der Waals surface area contributed by atoms with Crippen LogP contribution < -0.4 is 5.73 Å². The third-order valence-electron chi connectivity index (χ3n) is 3.53. The van der Waals surface area contributed by atoms with Crippen molar-refractivity contribution < 1.29 is 4.92 Å². The summed E-state index contributed by atoms with van der Waals surface area (Å²) < 4.78 is 1.57. The molecule has 1 aromatic heterocycles. The highest BCUT2D eigenvalue weighted by atomic mass is 16.6. The van der Waals surface area contributed by atoms with E-state index in [4.69, 9.17) is 5.73 Å². The molecule has 0 amide bonds. The molecule has 1 aromatic rings. The predicted octanol–water partition coefficient (Wildman–Crippen LogP) is 2.20. The molecule has 1 aliphatic rings. The molecular formula is C11H18N4O2. The summed E-state index contributed by atoms with van der Waals surface area (Å²) in [4.78, 5) is 10.2. The van der Waals surface area contributed by atoms with Crippen molar-refractivity contribution in [2.45, 2.75) is 39.2 Å². The number of rotatable bonds is 3. The topological polar surface area (TPSA) is 87.0 Å². The molecule has 1 heterocycles. The molecule has 2 rings (SSSR count). The minimum Gasteiger partial charge on any atom is -0.378 e. The summed E-state index contributed by atoms with van der Waals surface area (Å²) in [6.07, 6.45) is 6.08. The fourth-order valence-electron chi connectivity index (χ4n) is 2.64. The van der Waals surface area contributed by atoms with Gasteiger partial charge in [0.2, 0.25) is 5.82 Å². The van der Waals surface area contributed by atoms with E-state index in [1.807, 2.05) is 0 Å². The van der Waals surface area contributed by atoms with Gasteiger partial charge in [-0.3, -0.25) is 10.1 Å². The third-order valence-corrected chi connectivity index (χ3v) is 3.53. The summed E-state index contributed by atoms with van der Waals surface area (Å²) in [7, 11) is 0. The third kappa shape index (κ3) is 2.57. The molecule has 1 saturated carbocycles. The van der Waals surface area contributed by atoms with Gasteiger partial charge >= 0.3 is 5.69 Å². The van der Waals surface area contributed by atoms with Crippen LogP contribution in [0.25, 0.3) is 0 Å². The highest BCUT2D eigenvalue weighted by molar-refractivity contribution is 5.51. The maximum atomic E-state index is 10.7. The highest BCUT2D eigenvalue weighted by Gasteiger charge is 2.23. The van der Waals surface area contributed by atoms with Crippen molar-refractivity contribution in [3.05, 3.63) is 16.3 Å². The van der Waals surface area contributed by atoms with Gasteiger partial charge in [0.25, 0.3) is 0 Å². The summed E-state index contributed by atoms with van der Waals surface area (Å²) >= 11 is 0. The first-order valence-corrected chi connectivity index (χ1v) is 6.03. The van der Waals surface area contributed by atoms with Crippen LogP contribution in [0, 0.1) is 22.0 Å². The number of nitrogen functional groups attached to an aromatic ring is 1. The van der Waals surface area contributed by atoms with E-state index < -0.39 is 4.92 Å². The lowest BCUT2D eigenvalue weighted by Gasteiger charge is -2.26. The van der Waals surface area contributed by atoms with Crippen LogP contribution in [0.15, 0.2) is 6.20 Å². The first-order valence-electron chi connectivity index (χ1n) is 6.03. The maximum Gasteiger partial charge on any atom is 0.330 e. The summed E-state index contributed by atoms with van der Waals surface area (Å²) in [5.74, 6) is 1.45. The Labute approximate surface area is 99.9 Å². The number of hydrogen-bond acceptors (Lipinski definition) is 4. The van der Waals surface area contributed by atoms with Gasteiger partial charge in [-0.2, -0.15) is 5.10 Å². The minimum absolute atomic E-state index is 0.0890. The summed E-state index contributed by atoms with van der Waals surface area (Å²) in [5.41, 5.74) is 5.63. The molecule has 6 nitrogen and oxygen atoms in total. The monoisotopic (exact) mass is 238 g/mol. The first-order chi connectivity index (χ1) is 8.08. The van der Waals surface area contributed by atoms with Crippen LogP contribution in [-0.2, 0) is 6.54 Å². The second-order valence-electron chi connectivity index (χ2n) is 4.99. The molecule has 17 heavy (non-hydrogen) atoms. The van der Waals surface area contributed by atoms with E-state index in [9.17, 15) is 10.1 Å². The van der Waals surface area contributed by atoms with Crippen LogP contribution in [0.2, 0.25) is 0 Å². The van der Waals surface area contributed by atoms with Crippen LogP contribution in [0.1, 0.15) is 32.6 Å². The van der Waals surface area contributed by atoms with Crippen molar-refractivity contribution in [2.24, 2.45) is 11.8 Å². The number of nitrogens with two attached hydrogens (primary N) is 1. The number of hydrogen-bond donors (Lipinski definition) is 1. The van der Waals surface area contributed by atoms with Gasteiger partial charge in [0.1, 0.15) is 6.20 Å². The Kier molecular flexibility index (Phi) is 3.31. The Balaban J connectivity index is 2.05. The van der Waals surface area contributed by atoms with Gasteiger partial charge in [-0.15, -0.1) is 0 Å². The van der Waals surface area contributed by atoms with Gasteiger partial charge in [-0.25, -0.2) is 4.68 Å². The van der Waals surface area contributed by atoms with E-state index in [2.05, 4.69) is 12.0 Å². The standard InChI is InChI=1S/C11H18N4O2/c1-8-3-2-4-9(5-8)7-14-11(12)10(6-13-14)15(16)17/h6,8-9H,2-5,7,12H2,1H3. The molecule has 2 N–H and O–H groups in total. The zero-order chi connectivity index (χ0) is 12.4. The predicted molar refractivity (Wildman–Crippen MR) is 64.4 cm³/mol. The van der Waals surface area contributed by atoms with Crippen molar-refractivity contribution in [3.8, 4) is 0 Å². The molecule has 0 aliphatic heterocycles. The van der Waals surface area contributed by atoms with Crippen molar-refractivity contribution in [3.63, 3.8) is 0 Å². The largest absolute Gasteiger partial charge is 0.378 e. The number of anilines is 1. The Morgan fingerprint density at radius 2 is 2.41 bits per heavy atom. The molecule has 2 atom stereocenters. The van der Waals surface area contributed by atoms with Crippen molar-refractivity contribution in [2.75, 3.05) is 5.73 Å². The fourth-order valence-corrected chi connectivity index (χ4v) is 2.64. The summed E-state index contributed by atoms with van der Waals surface area (Å²) in [6.45, 7) is 2.95. The molecular weight excluding hydrogens is 220 g/mol. The second kappa shape index (κ2) is 4.73. The van der Waals surface area contributed by atoms with Crippen LogP contribution in [0.5, 0.6) is 0 Å². The fraction of sp³-hybridized carbons (Fsp3) is 0.727. The van der Waals surface area contributed by atoms with Gasteiger partial charge in [0, 0.05) is 6.54 Å². The molecule has 1 fully saturated rings. The summed E-state index contributed by atoms with van der Waals surface area (Å²) in [5, 5.41) is 14.7. The lowest BCUT2D eigenvalue weighted by molar-refractivity contribution is -0.384. The maximum absolute atomic E-state index is 10.7. The van der Waals surface area contributed by atoms with Crippen molar-refractivity contribution >= 4 is 11.5 Å². The molecule has 0 radical (unpaired) electrons. The summed E-state index contributed by atoms with van der Waals surface area (Å²) in [6, 6.07) is 0. The van der Waals surface area contributed by atoms with Gasteiger partial charge < -0.3 is 5.73 Å². The van der Waals surface area contributed by atoms with Crippen molar-refractivity contribution in [1.82, 2.24) is 9.78 Å². The smallest absolute Gasteiger partial charge is 0.330 e. The molecule has 94 valence electrons. The van der Waals surface area contributed by atoms with E-state index in [1.165, 1.54) is 19.0 Å². The molecule has 2 unspecified atom stereocenters.